The van der Waals surface area contributed by atoms with Crippen molar-refractivity contribution in [2.75, 3.05) is 0 Å². The highest BCUT2D eigenvalue weighted by atomic mass is 16.5. The molecular weight excluding hydrogens is 232 g/mol. The topological polar surface area (TPSA) is 87.8 Å². The van der Waals surface area contributed by atoms with Gasteiger partial charge < -0.3 is 14.6 Å². The van der Waals surface area contributed by atoms with E-state index in [4.69, 9.17) is 4.52 Å². The van der Waals surface area contributed by atoms with Gasteiger partial charge in [0.05, 0.1) is 12.0 Å². The van der Waals surface area contributed by atoms with E-state index in [-0.39, 0.29) is 12.0 Å². The molecule has 2 aromatic rings. The molecule has 96 valence electrons. The number of aromatic amines is 1. The summed E-state index contributed by atoms with van der Waals surface area (Å²) in [5.41, 5.74) is 0. The molecule has 2 aromatic heterocycles. The number of aliphatic hydroxyl groups is 1. The van der Waals surface area contributed by atoms with Gasteiger partial charge in [0.1, 0.15) is 0 Å². The maximum Gasteiger partial charge on any atom is 0.238 e. The van der Waals surface area contributed by atoms with E-state index >= 15 is 0 Å². The molecule has 1 fully saturated rings. The van der Waals surface area contributed by atoms with Crippen LogP contribution in [-0.4, -0.2) is 31.3 Å². The van der Waals surface area contributed by atoms with Gasteiger partial charge in [-0.2, -0.15) is 4.98 Å². The highest BCUT2D eigenvalue weighted by molar-refractivity contribution is 5.40. The molecule has 2 atom stereocenters. The van der Waals surface area contributed by atoms with Crippen molar-refractivity contribution < 1.29 is 9.63 Å². The Bertz CT molecular complexity index is 494. The van der Waals surface area contributed by atoms with Gasteiger partial charge in [-0.1, -0.05) is 24.4 Å². The third-order valence-electron chi connectivity index (χ3n) is 3.45. The Kier molecular flexibility index (Phi) is 3.10. The highest BCUT2D eigenvalue weighted by Crippen LogP contribution is 2.31. The zero-order valence-electron chi connectivity index (χ0n) is 10.0. The monoisotopic (exact) mass is 248 g/mol. The summed E-state index contributed by atoms with van der Waals surface area (Å²) in [5, 5.41) is 14.0. The molecule has 0 bridgehead atoms. The van der Waals surface area contributed by atoms with Crippen molar-refractivity contribution in [3.63, 3.8) is 0 Å². The van der Waals surface area contributed by atoms with E-state index in [1.54, 1.807) is 12.4 Å². The van der Waals surface area contributed by atoms with Crippen LogP contribution in [0.2, 0.25) is 0 Å². The lowest BCUT2D eigenvalue weighted by molar-refractivity contribution is 0.119. The van der Waals surface area contributed by atoms with Gasteiger partial charge in [0.25, 0.3) is 0 Å². The van der Waals surface area contributed by atoms with E-state index in [9.17, 15) is 5.11 Å². The van der Waals surface area contributed by atoms with Crippen LogP contribution in [0.4, 0.5) is 0 Å². The highest BCUT2D eigenvalue weighted by Gasteiger charge is 2.28. The number of imidazole rings is 1. The van der Waals surface area contributed by atoms with E-state index in [0.29, 0.717) is 17.5 Å². The summed E-state index contributed by atoms with van der Waals surface area (Å²) >= 11 is 0. The predicted octanol–water partition coefficient (Wildman–Crippen LogP) is 1.87. The molecule has 0 radical (unpaired) electrons. The lowest BCUT2D eigenvalue weighted by Gasteiger charge is -2.15. The van der Waals surface area contributed by atoms with Gasteiger partial charge in [0.15, 0.2) is 5.82 Å². The van der Waals surface area contributed by atoms with E-state index in [1.165, 1.54) is 0 Å². The molecule has 0 amide bonds. The maximum atomic E-state index is 10.1. The van der Waals surface area contributed by atoms with Gasteiger partial charge in [-0.15, -0.1) is 0 Å². The summed E-state index contributed by atoms with van der Waals surface area (Å²) < 4.78 is 5.27. The summed E-state index contributed by atoms with van der Waals surface area (Å²) in [7, 11) is 0. The van der Waals surface area contributed by atoms with Crippen LogP contribution in [0, 0.1) is 0 Å². The number of hydrogen-bond acceptors (Lipinski definition) is 5. The molecule has 6 heteroatoms. The van der Waals surface area contributed by atoms with Gasteiger partial charge in [0.2, 0.25) is 11.7 Å². The number of H-pyrrole nitrogens is 1. The SMILES string of the molecule is OC1CCCCCC1c1nc(-c2ncc[nH]2)no1. The van der Waals surface area contributed by atoms with Crippen molar-refractivity contribution in [3.8, 4) is 11.6 Å². The largest absolute Gasteiger partial charge is 0.392 e. The van der Waals surface area contributed by atoms with E-state index in [1.807, 2.05) is 0 Å². The standard InChI is InChI=1S/C12H16N4O2/c17-9-5-3-1-2-4-8(9)12-15-11(16-18-12)10-13-6-7-14-10/h6-9,17H,1-5H2,(H,13,14). The molecule has 18 heavy (non-hydrogen) atoms. The number of aromatic nitrogens is 4. The Balaban J connectivity index is 1.83. The molecule has 1 aliphatic carbocycles. The lowest BCUT2D eigenvalue weighted by Crippen LogP contribution is -2.17. The molecule has 0 aliphatic heterocycles. The van der Waals surface area contributed by atoms with Crippen molar-refractivity contribution >= 4 is 0 Å². The van der Waals surface area contributed by atoms with Crippen LogP contribution < -0.4 is 0 Å². The second-order valence-corrected chi connectivity index (χ2v) is 4.71. The van der Waals surface area contributed by atoms with Crippen molar-refractivity contribution in [2.24, 2.45) is 0 Å². The van der Waals surface area contributed by atoms with Crippen LogP contribution in [0.25, 0.3) is 11.6 Å². The zero-order valence-corrected chi connectivity index (χ0v) is 10.0. The number of aliphatic hydroxyl groups excluding tert-OH is 1. The second-order valence-electron chi connectivity index (χ2n) is 4.71. The summed E-state index contributed by atoms with van der Waals surface area (Å²) in [5.74, 6) is 1.53. The van der Waals surface area contributed by atoms with Crippen molar-refractivity contribution in [1.29, 1.82) is 0 Å². The minimum absolute atomic E-state index is 0.0382. The fourth-order valence-corrected chi connectivity index (χ4v) is 2.45. The average Bonchev–Trinajstić information content (AvgIpc) is 3.00. The number of nitrogens with zero attached hydrogens (tertiary/aromatic N) is 3. The van der Waals surface area contributed by atoms with E-state index < -0.39 is 0 Å². The Labute approximate surface area is 104 Å². The Morgan fingerprint density at radius 1 is 1.28 bits per heavy atom. The number of rotatable bonds is 2. The normalized spacial score (nSPS) is 24.9. The summed E-state index contributed by atoms with van der Waals surface area (Å²) in [6.45, 7) is 0. The molecule has 2 N–H and O–H groups in total. The van der Waals surface area contributed by atoms with Crippen LogP contribution in [0.15, 0.2) is 16.9 Å². The number of hydrogen-bond donors (Lipinski definition) is 2. The Hall–Kier alpha value is -1.69. The van der Waals surface area contributed by atoms with E-state index in [2.05, 4.69) is 20.1 Å². The maximum absolute atomic E-state index is 10.1. The average molecular weight is 248 g/mol. The smallest absolute Gasteiger partial charge is 0.238 e. The van der Waals surface area contributed by atoms with Crippen LogP contribution in [0.1, 0.15) is 43.9 Å². The lowest BCUT2D eigenvalue weighted by atomic mass is 9.97. The minimum atomic E-state index is -0.377. The van der Waals surface area contributed by atoms with Crippen LogP contribution >= 0.6 is 0 Å². The first-order chi connectivity index (χ1) is 8.84. The Morgan fingerprint density at radius 3 is 3.00 bits per heavy atom. The molecule has 3 rings (SSSR count). The predicted molar refractivity (Wildman–Crippen MR) is 63.7 cm³/mol. The van der Waals surface area contributed by atoms with Gasteiger partial charge in [0, 0.05) is 12.4 Å². The van der Waals surface area contributed by atoms with Crippen LogP contribution in [0.5, 0.6) is 0 Å². The fraction of sp³-hybridized carbons (Fsp3) is 0.583. The third-order valence-corrected chi connectivity index (χ3v) is 3.45. The molecule has 0 saturated heterocycles. The molecule has 1 aliphatic rings. The second kappa shape index (κ2) is 4.89. The quantitative estimate of drug-likeness (QED) is 0.792. The van der Waals surface area contributed by atoms with E-state index in [0.717, 1.165) is 32.1 Å². The molecular formula is C12H16N4O2. The summed E-state index contributed by atoms with van der Waals surface area (Å²) in [4.78, 5) is 11.4. The molecule has 0 spiro atoms. The first-order valence-corrected chi connectivity index (χ1v) is 6.36. The molecule has 2 heterocycles. The van der Waals surface area contributed by atoms with Crippen molar-refractivity contribution in [3.05, 3.63) is 18.3 Å². The summed E-state index contributed by atoms with van der Waals surface area (Å²) in [6.07, 6.45) is 8.02. The van der Waals surface area contributed by atoms with Gasteiger partial charge >= 0.3 is 0 Å². The number of nitrogens with one attached hydrogen (secondary N) is 1. The molecule has 1 saturated carbocycles. The Morgan fingerprint density at radius 2 is 2.17 bits per heavy atom. The van der Waals surface area contributed by atoms with Gasteiger partial charge in [-0.05, 0) is 12.8 Å². The first kappa shape index (κ1) is 11.4. The van der Waals surface area contributed by atoms with Crippen molar-refractivity contribution in [1.82, 2.24) is 20.1 Å². The van der Waals surface area contributed by atoms with Crippen molar-refractivity contribution in [2.45, 2.75) is 44.1 Å². The van der Waals surface area contributed by atoms with Gasteiger partial charge in [-0.3, -0.25) is 0 Å². The molecule has 0 aromatic carbocycles. The molecule has 6 nitrogen and oxygen atoms in total. The van der Waals surface area contributed by atoms with Gasteiger partial charge in [-0.25, -0.2) is 4.98 Å². The molecule has 2 unspecified atom stereocenters. The zero-order chi connectivity index (χ0) is 12.4. The van der Waals surface area contributed by atoms with Crippen LogP contribution in [0.3, 0.4) is 0 Å². The third kappa shape index (κ3) is 2.15. The first-order valence-electron chi connectivity index (χ1n) is 6.36. The minimum Gasteiger partial charge on any atom is -0.392 e. The summed E-state index contributed by atoms with van der Waals surface area (Å²) in [6, 6.07) is 0. The van der Waals surface area contributed by atoms with Crippen LogP contribution in [-0.2, 0) is 0 Å². The fourth-order valence-electron chi connectivity index (χ4n) is 2.45.